The zero-order valence-corrected chi connectivity index (χ0v) is 15.9. The minimum absolute atomic E-state index is 0.0357. The van der Waals surface area contributed by atoms with Gasteiger partial charge in [-0.1, -0.05) is 48.5 Å². The summed E-state index contributed by atoms with van der Waals surface area (Å²) in [5.41, 5.74) is 0.829. The third kappa shape index (κ3) is 3.71. The van der Waals surface area contributed by atoms with Crippen LogP contribution in [0.5, 0.6) is 0 Å². The molecule has 1 aliphatic rings. The van der Waals surface area contributed by atoms with Crippen molar-refractivity contribution in [3.05, 3.63) is 66.2 Å². The number of quaternary nitrogens is 1. The quantitative estimate of drug-likeness (QED) is 0.785. The third-order valence-electron chi connectivity index (χ3n) is 4.78. The molecule has 28 heavy (non-hydrogen) atoms. The number of piperazine rings is 1. The summed E-state index contributed by atoms with van der Waals surface area (Å²) in [6.07, 6.45) is -2.05. The molecule has 1 heterocycles. The highest BCUT2D eigenvalue weighted by molar-refractivity contribution is 7.86. The average Bonchev–Trinajstić information content (AvgIpc) is 2.73. The number of carbonyl (C=O) groups is 2. The van der Waals surface area contributed by atoms with Gasteiger partial charge in [0.2, 0.25) is 0 Å². The summed E-state index contributed by atoms with van der Waals surface area (Å²) in [5.74, 6) is 0. The van der Waals surface area contributed by atoms with Crippen molar-refractivity contribution < 1.29 is 31.7 Å². The molecular formula is C19H21N2O6S+. The Hall–Kier alpha value is -2.91. The summed E-state index contributed by atoms with van der Waals surface area (Å²) in [4.78, 5) is 25.5. The molecule has 0 bridgehead atoms. The predicted octanol–water partition coefficient (Wildman–Crippen LogP) is 2.52. The molecular weight excluding hydrogens is 384 g/mol. The van der Waals surface area contributed by atoms with Crippen molar-refractivity contribution in [2.75, 3.05) is 26.2 Å². The molecule has 0 unspecified atom stereocenters. The van der Waals surface area contributed by atoms with E-state index in [0.29, 0.717) is 0 Å². The lowest BCUT2D eigenvalue weighted by Crippen LogP contribution is -2.65. The molecule has 0 aromatic heterocycles. The van der Waals surface area contributed by atoms with Crippen molar-refractivity contribution in [1.29, 1.82) is 0 Å². The van der Waals surface area contributed by atoms with Crippen LogP contribution < -0.4 is 0 Å². The predicted molar refractivity (Wildman–Crippen MR) is 99.8 cm³/mol. The van der Waals surface area contributed by atoms with Crippen molar-refractivity contribution in [1.82, 2.24) is 4.90 Å². The van der Waals surface area contributed by atoms with E-state index >= 15 is 0 Å². The van der Waals surface area contributed by atoms with Gasteiger partial charge in [0.15, 0.2) is 0 Å². The monoisotopic (exact) mass is 405 g/mol. The fourth-order valence-corrected chi connectivity index (χ4v) is 4.86. The molecule has 1 aliphatic heterocycles. The second-order valence-corrected chi connectivity index (χ2v) is 8.55. The Bertz CT molecular complexity index is 939. The van der Waals surface area contributed by atoms with Gasteiger partial charge in [0.25, 0.3) is 0 Å². The topological polar surface area (TPSA) is 101 Å². The zero-order valence-electron chi connectivity index (χ0n) is 15.1. The zero-order chi connectivity index (χ0) is 20.2. The van der Waals surface area contributed by atoms with E-state index in [2.05, 4.69) is 0 Å². The Morgan fingerprint density at radius 3 is 2.04 bits per heavy atom. The molecule has 9 heteroatoms. The molecule has 0 radical (unpaired) electrons. The van der Waals surface area contributed by atoms with Gasteiger partial charge < -0.3 is 9.84 Å². The number of hydrogen-bond acceptors (Lipinski definition) is 5. The van der Waals surface area contributed by atoms with E-state index in [-0.39, 0.29) is 37.7 Å². The van der Waals surface area contributed by atoms with Crippen LogP contribution in [0.4, 0.5) is 9.59 Å². The molecule has 2 aromatic carbocycles. The summed E-state index contributed by atoms with van der Waals surface area (Å²) in [7, 11) is -4.17. The highest BCUT2D eigenvalue weighted by Crippen LogP contribution is 2.27. The summed E-state index contributed by atoms with van der Waals surface area (Å²) in [5, 5.41) is 9.72. The number of ether oxygens (including phenoxy) is 1. The molecule has 3 rings (SSSR count). The smallest absolute Gasteiger partial charge is 0.445 e. The first-order valence-electron chi connectivity index (χ1n) is 8.73. The first-order valence-corrected chi connectivity index (χ1v) is 10.2. The van der Waals surface area contributed by atoms with Gasteiger partial charge in [0, 0.05) is 0 Å². The SMILES string of the molecule is O=C(OCc1ccccc1)N1CC[N+](C(=O)O)(S(=O)(=O)c2ccccc2)CC1. The first kappa shape index (κ1) is 19.8. The number of nitrogens with zero attached hydrogens (tertiary/aromatic N) is 2. The normalized spacial score (nSPS) is 16.4. The largest absolute Gasteiger partial charge is 0.529 e. The van der Waals surface area contributed by atoms with Crippen LogP contribution in [0.2, 0.25) is 0 Å². The van der Waals surface area contributed by atoms with Gasteiger partial charge in [-0.3, -0.25) is 4.90 Å². The highest BCUT2D eigenvalue weighted by Gasteiger charge is 2.53. The highest BCUT2D eigenvalue weighted by atomic mass is 32.2. The van der Waals surface area contributed by atoms with Crippen LogP contribution in [0, 0.1) is 0 Å². The van der Waals surface area contributed by atoms with E-state index < -0.39 is 26.1 Å². The van der Waals surface area contributed by atoms with Gasteiger partial charge >= 0.3 is 22.2 Å². The maximum absolute atomic E-state index is 13.0. The maximum atomic E-state index is 13.0. The third-order valence-corrected chi connectivity index (χ3v) is 7.08. The number of hydrogen-bond donors (Lipinski definition) is 1. The van der Waals surface area contributed by atoms with Crippen molar-refractivity contribution in [2.24, 2.45) is 0 Å². The number of carbonyl (C=O) groups excluding carboxylic acids is 1. The van der Waals surface area contributed by atoms with Crippen LogP contribution in [-0.4, -0.2) is 60.7 Å². The molecule has 0 saturated carbocycles. The Labute approximate surface area is 163 Å². The number of carboxylic acid groups (broad SMARTS) is 1. The van der Waals surface area contributed by atoms with Crippen molar-refractivity contribution in [2.45, 2.75) is 11.5 Å². The van der Waals surface area contributed by atoms with Gasteiger partial charge in [-0.25, -0.2) is 4.79 Å². The Balaban J connectivity index is 1.70. The molecule has 8 nitrogen and oxygen atoms in total. The molecule has 2 aromatic rings. The Morgan fingerprint density at radius 2 is 1.50 bits per heavy atom. The molecule has 1 N–H and O–H groups in total. The summed E-state index contributed by atoms with van der Waals surface area (Å²) in [6.45, 7) is -0.491. The maximum Gasteiger partial charge on any atom is 0.529 e. The minimum Gasteiger partial charge on any atom is -0.445 e. The van der Waals surface area contributed by atoms with Crippen LogP contribution in [0.15, 0.2) is 65.6 Å². The lowest BCUT2D eigenvalue weighted by atomic mass is 10.2. The van der Waals surface area contributed by atoms with E-state index in [0.717, 1.165) is 5.56 Å². The van der Waals surface area contributed by atoms with Crippen LogP contribution in [-0.2, 0) is 21.4 Å². The number of benzene rings is 2. The number of amides is 2. The summed E-state index contributed by atoms with van der Waals surface area (Å²) < 4.78 is 30.1. The van der Waals surface area contributed by atoms with E-state index in [1.807, 2.05) is 30.3 Å². The van der Waals surface area contributed by atoms with Crippen LogP contribution in [0.1, 0.15) is 5.56 Å². The number of sulfonamides is 1. The fraction of sp³-hybridized carbons (Fsp3) is 0.263. The Morgan fingerprint density at radius 1 is 0.964 bits per heavy atom. The van der Waals surface area contributed by atoms with Crippen LogP contribution >= 0.6 is 0 Å². The second-order valence-electron chi connectivity index (χ2n) is 6.43. The van der Waals surface area contributed by atoms with Gasteiger partial charge in [0.1, 0.15) is 24.6 Å². The molecule has 148 valence electrons. The lowest BCUT2D eigenvalue weighted by Gasteiger charge is -2.38. The van der Waals surface area contributed by atoms with Crippen molar-refractivity contribution in [3.63, 3.8) is 0 Å². The molecule has 2 amide bonds. The molecule has 1 saturated heterocycles. The van der Waals surface area contributed by atoms with Crippen molar-refractivity contribution >= 4 is 22.2 Å². The Kier molecular flexibility index (Phi) is 5.66. The summed E-state index contributed by atoms with van der Waals surface area (Å²) >= 11 is 0. The molecule has 0 atom stereocenters. The van der Waals surface area contributed by atoms with Gasteiger partial charge in [-0.2, -0.15) is 13.2 Å². The van der Waals surface area contributed by atoms with E-state index in [1.54, 1.807) is 18.2 Å². The van der Waals surface area contributed by atoms with Gasteiger partial charge in [-0.05, 0) is 17.7 Å². The number of rotatable bonds is 4. The standard InChI is InChI=1S/C19H20N2O6S/c22-18(27-15-16-7-3-1-4-8-16)20-11-13-21(14-12-20,19(23)24)28(25,26)17-9-5-2-6-10-17/h1-10H,11-15H2/p+1. The summed E-state index contributed by atoms with van der Waals surface area (Å²) in [6, 6.07) is 16.7. The van der Waals surface area contributed by atoms with Crippen LogP contribution in [0.25, 0.3) is 0 Å². The minimum atomic E-state index is -4.17. The van der Waals surface area contributed by atoms with E-state index in [1.165, 1.54) is 17.0 Å². The second kappa shape index (κ2) is 7.99. The molecule has 0 spiro atoms. The van der Waals surface area contributed by atoms with Gasteiger partial charge in [0.05, 0.1) is 13.1 Å². The van der Waals surface area contributed by atoms with E-state index in [9.17, 15) is 23.1 Å². The first-order chi connectivity index (χ1) is 13.4. The lowest BCUT2D eigenvalue weighted by molar-refractivity contribution is -0.736. The molecule has 0 aliphatic carbocycles. The van der Waals surface area contributed by atoms with Crippen molar-refractivity contribution in [3.8, 4) is 0 Å². The molecule has 1 fully saturated rings. The fourth-order valence-electron chi connectivity index (χ4n) is 3.11. The van der Waals surface area contributed by atoms with Gasteiger partial charge in [-0.15, -0.1) is 3.89 Å². The van der Waals surface area contributed by atoms with Crippen LogP contribution in [0.3, 0.4) is 0 Å². The van der Waals surface area contributed by atoms with E-state index in [4.69, 9.17) is 4.74 Å². The average molecular weight is 405 g/mol.